The summed E-state index contributed by atoms with van der Waals surface area (Å²) >= 11 is 5.26. The minimum absolute atomic E-state index is 0.514. The summed E-state index contributed by atoms with van der Waals surface area (Å²) in [5, 5.41) is 11.0. The van der Waals surface area contributed by atoms with E-state index in [1.807, 2.05) is 47.9 Å². The minimum atomic E-state index is 0.514. The van der Waals surface area contributed by atoms with Gasteiger partial charge in [0.2, 0.25) is 0 Å². The summed E-state index contributed by atoms with van der Waals surface area (Å²) < 4.78 is 7.68. The Labute approximate surface area is 114 Å². The first-order chi connectivity index (χ1) is 9.24. The zero-order valence-corrected chi connectivity index (χ0v) is 11.1. The van der Waals surface area contributed by atoms with E-state index < -0.39 is 0 Å². The lowest BCUT2D eigenvalue weighted by Gasteiger charge is -2.04. The number of rotatable bonds is 3. The van der Waals surface area contributed by atoms with Gasteiger partial charge in [-0.15, -0.1) is 0 Å². The Balaban J connectivity index is 2.02. The highest BCUT2D eigenvalue weighted by atomic mass is 32.1. The van der Waals surface area contributed by atoms with Crippen molar-refractivity contribution in [1.82, 2.24) is 19.9 Å². The zero-order valence-electron chi connectivity index (χ0n) is 10.3. The van der Waals surface area contributed by atoms with Crippen molar-refractivity contribution in [3.05, 3.63) is 52.6 Å². The van der Waals surface area contributed by atoms with Crippen molar-refractivity contribution in [2.24, 2.45) is 0 Å². The summed E-state index contributed by atoms with van der Waals surface area (Å²) in [6.45, 7) is 2.40. The number of hydrogen-bond acceptors (Lipinski definition) is 4. The van der Waals surface area contributed by atoms with E-state index in [-0.39, 0.29) is 0 Å². The third kappa shape index (κ3) is 2.34. The van der Waals surface area contributed by atoms with Crippen LogP contribution in [0.15, 0.2) is 40.9 Å². The molecule has 0 aliphatic carbocycles. The molecule has 1 N–H and O–H groups in total. The fourth-order valence-corrected chi connectivity index (χ4v) is 2.12. The normalized spacial score (nSPS) is 10.8. The molecule has 3 aromatic rings. The standard InChI is InChI=1S/C13H12N4OS/c1-9-7-11(18-16-9)8-17-12(14-15-13(17)19)10-5-3-2-4-6-10/h2-7H,8H2,1H3,(H,15,19). The van der Waals surface area contributed by atoms with Gasteiger partial charge >= 0.3 is 0 Å². The molecule has 5 nitrogen and oxygen atoms in total. The van der Waals surface area contributed by atoms with Gasteiger partial charge in [-0.2, -0.15) is 5.10 Å². The van der Waals surface area contributed by atoms with Gasteiger partial charge in [-0.1, -0.05) is 35.5 Å². The van der Waals surface area contributed by atoms with Crippen molar-refractivity contribution >= 4 is 12.2 Å². The first kappa shape index (κ1) is 11.9. The van der Waals surface area contributed by atoms with Crippen LogP contribution in [-0.2, 0) is 6.54 Å². The van der Waals surface area contributed by atoms with Crippen LogP contribution in [0.2, 0.25) is 0 Å². The second-order valence-corrected chi connectivity index (χ2v) is 4.63. The van der Waals surface area contributed by atoms with E-state index in [0.717, 1.165) is 22.8 Å². The van der Waals surface area contributed by atoms with Crippen molar-refractivity contribution < 1.29 is 4.52 Å². The van der Waals surface area contributed by atoms with Gasteiger partial charge in [0, 0.05) is 11.6 Å². The van der Waals surface area contributed by atoms with Crippen molar-refractivity contribution in [2.75, 3.05) is 0 Å². The first-order valence-electron chi connectivity index (χ1n) is 5.87. The number of aromatic nitrogens is 4. The molecule has 3 rings (SSSR count). The van der Waals surface area contributed by atoms with Gasteiger partial charge in [0.05, 0.1) is 12.2 Å². The van der Waals surface area contributed by atoms with Crippen LogP contribution in [-0.4, -0.2) is 19.9 Å². The Bertz CT molecular complexity index is 741. The summed E-state index contributed by atoms with van der Waals surface area (Å²) in [7, 11) is 0. The highest BCUT2D eigenvalue weighted by Gasteiger charge is 2.11. The second-order valence-electron chi connectivity index (χ2n) is 4.24. The Hall–Kier alpha value is -2.21. The van der Waals surface area contributed by atoms with Gasteiger partial charge in [-0.3, -0.25) is 9.67 Å². The summed E-state index contributed by atoms with van der Waals surface area (Å²) in [5.41, 5.74) is 1.86. The summed E-state index contributed by atoms with van der Waals surface area (Å²) in [5.74, 6) is 1.55. The van der Waals surface area contributed by atoms with E-state index in [0.29, 0.717) is 11.3 Å². The van der Waals surface area contributed by atoms with E-state index in [9.17, 15) is 0 Å². The second kappa shape index (κ2) is 4.81. The molecule has 0 fully saturated rings. The molecule has 2 aromatic heterocycles. The lowest BCUT2D eigenvalue weighted by molar-refractivity contribution is 0.373. The Morgan fingerprint density at radius 2 is 2.11 bits per heavy atom. The van der Waals surface area contributed by atoms with Crippen LogP contribution in [0.5, 0.6) is 0 Å². The molecule has 0 aliphatic heterocycles. The number of aromatic amines is 1. The lowest BCUT2D eigenvalue weighted by Crippen LogP contribution is -2.01. The molecule has 19 heavy (non-hydrogen) atoms. The number of nitrogens with zero attached hydrogens (tertiary/aromatic N) is 3. The van der Waals surface area contributed by atoms with Gasteiger partial charge < -0.3 is 4.52 Å². The van der Waals surface area contributed by atoms with Gasteiger partial charge in [0.1, 0.15) is 0 Å². The number of H-pyrrole nitrogens is 1. The highest BCUT2D eigenvalue weighted by molar-refractivity contribution is 7.71. The molecular weight excluding hydrogens is 260 g/mol. The molecular formula is C13H12N4OS. The average molecular weight is 272 g/mol. The lowest BCUT2D eigenvalue weighted by atomic mass is 10.2. The topological polar surface area (TPSA) is 59.6 Å². The highest BCUT2D eigenvalue weighted by Crippen LogP contribution is 2.18. The molecule has 0 radical (unpaired) electrons. The van der Waals surface area contributed by atoms with Gasteiger partial charge in [0.25, 0.3) is 0 Å². The molecule has 0 atom stereocenters. The SMILES string of the molecule is Cc1cc(Cn2c(-c3ccccc3)n[nH]c2=S)on1. The van der Waals surface area contributed by atoms with Crippen molar-refractivity contribution in [3.63, 3.8) is 0 Å². The Kier molecular flexibility index (Phi) is 3.00. The van der Waals surface area contributed by atoms with E-state index in [2.05, 4.69) is 15.4 Å². The minimum Gasteiger partial charge on any atom is -0.359 e. The number of aryl methyl sites for hydroxylation is 1. The van der Waals surface area contributed by atoms with Gasteiger partial charge in [0.15, 0.2) is 16.4 Å². The van der Waals surface area contributed by atoms with Gasteiger partial charge in [-0.05, 0) is 19.1 Å². The van der Waals surface area contributed by atoms with Crippen molar-refractivity contribution in [3.8, 4) is 11.4 Å². The maximum absolute atomic E-state index is 5.26. The van der Waals surface area contributed by atoms with Crippen LogP contribution >= 0.6 is 12.2 Å². The van der Waals surface area contributed by atoms with Crippen LogP contribution in [0, 0.1) is 11.7 Å². The Morgan fingerprint density at radius 3 is 2.79 bits per heavy atom. The molecule has 0 saturated heterocycles. The largest absolute Gasteiger partial charge is 0.359 e. The van der Waals surface area contributed by atoms with E-state index in [4.69, 9.17) is 16.7 Å². The van der Waals surface area contributed by atoms with Crippen LogP contribution in [0.1, 0.15) is 11.5 Å². The molecule has 0 bridgehead atoms. The quantitative estimate of drug-likeness (QED) is 0.745. The molecule has 1 aromatic carbocycles. The van der Waals surface area contributed by atoms with Crippen molar-refractivity contribution in [2.45, 2.75) is 13.5 Å². The third-order valence-corrected chi connectivity index (χ3v) is 3.09. The van der Waals surface area contributed by atoms with Gasteiger partial charge in [-0.25, -0.2) is 0 Å². The maximum atomic E-state index is 5.26. The predicted molar refractivity (Wildman–Crippen MR) is 73.2 cm³/mol. The molecule has 0 amide bonds. The van der Waals surface area contributed by atoms with Crippen molar-refractivity contribution in [1.29, 1.82) is 0 Å². The Morgan fingerprint density at radius 1 is 1.32 bits per heavy atom. The summed E-state index contributed by atoms with van der Waals surface area (Å²) in [6.07, 6.45) is 0. The average Bonchev–Trinajstić information content (AvgIpc) is 2.99. The van der Waals surface area contributed by atoms with E-state index in [1.54, 1.807) is 0 Å². The number of benzene rings is 1. The van der Waals surface area contributed by atoms with E-state index in [1.165, 1.54) is 0 Å². The summed E-state index contributed by atoms with van der Waals surface area (Å²) in [6, 6.07) is 11.8. The van der Waals surface area contributed by atoms with Crippen LogP contribution in [0.3, 0.4) is 0 Å². The number of nitrogens with one attached hydrogen (secondary N) is 1. The van der Waals surface area contributed by atoms with Crippen LogP contribution in [0.4, 0.5) is 0 Å². The molecule has 6 heteroatoms. The molecule has 0 saturated carbocycles. The fraction of sp³-hybridized carbons (Fsp3) is 0.154. The van der Waals surface area contributed by atoms with Crippen LogP contribution in [0.25, 0.3) is 11.4 Å². The monoisotopic (exact) mass is 272 g/mol. The predicted octanol–water partition coefficient (Wildman–Crippen LogP) is 2.95. The molecule has 2 heterocycles. The van der Waals surface area contributed by atoms with Crippen LogP contribution < -0.4 is 0 Å². The molecule has 0 unspecified atom stereocenters. The maximum Gasteiger partial charge on any atom is 0.195 e. The van der Waals surface area contributed by atoms with E-state index >= 15 is 0 Å². The first-order valence-corrected chi connectivity index (χ1v) is 6.27. The zero-order chi connectivity index (χ0) is 13.2. The smallest absolute Gasteiger partial charge is 0.195 e. The molecule has 0 aliphatic rings. The molecule has 0 spiro atoms. The fourth-order valence-electron chi connectivity index (χ4n) is 1.92. The molecule has 96 valence electrons. The number of hydrogen-bond donors (Lipinski definition) is 1. The summed E-state index contributed by atoms with van der Waals surface area (Å²) in [4.78, 5) is 0. The third-order valence-electron chi connectivity index (χ3n) is 2.78.